The first-order valence-electron chi connectivity index (χ1n) is 5.05. The molecule has 0 saturated carbocycles. The van der Waals surface area contributed by atoms with Crippen LogP contribution in [0.5, 0.6) is 0 Å². The zero-order valence-corrected chi connectivity index (χ0v) is 8.53. The first kappa shape index (κ1) is 9.40. The summed E-state index contributed by atoms with van der Waals surface area (Å²) in [5, 5.41) is 11.5. The molecule has 1 aliphatic rings. The van der Waals surface area contributed by atoms with Gasteiger partial charge in [-0.25, -0.2) is 0 Å². The average molecular weight is 192 g/mol. The maximum atomic E-state index is 4.07. The van der Waals surface area contributed by atoms with Crippen LogP contribution in [0.1, 0.15) is 25.5 Å². The molecule has 4 heteroatoms. The van der Waals surface area contributed by atoms with E-state index in [1.807, 2.05) is 17.8 Å². The van der Waals surface area contributed by atoms with E-state index in [2.05, 4.69) is 22.2 Å². The zero-order valence-electron chi connectivity index (χ0n) is 8.53. The van der Waals surface area contributed by atoms with Crippen molar-refractivity contribution >= 4 is 5.57 Å². The average Bonchev–Trinajstić information content (AvgIpc) is 2.75. The molecule has 0 radical (unpaired) electrons. The Bertz CT molecular complexity index is 323. The number of allylic oxidation sites excluding steroid dienone is 1. The van der Waals surface area contributed by atoms with Gasteiger partial charge < -0.3 is 5.32 Å². The fourth-order valence-corrected chi connectivity index (χ4v) is 1.72. The maximum absolute atomic E-state index is 4.07. The highest BCUT2D eigenvalue weighted by atomic mass is 15.4. The summed E-state index contributed by atoms with van der Waals surface area (Å²) in [5.74, 6) is 0. The molecule has 1 aliphatic heterocycles. The summed E-state index contributed by atoms with van der Waals surface area (Å²) >= 11 is 0. The summed E-state index contributed by atoms with van der Waals surface area (Å²) in [4.78, 5) is 0. The molecular weight excluding hydrogens is 176 g/mol. The largest absolute Gasteiger partial charge is 0.312 e. The highest BCUT2D eigenvalue weighted by molar-refractivity contribution is 5.56. The second-order valence-corrected chi connectivity index (χ2v) is 3.90. The lowest BCUT2D eigenvalue weighted by molar-refractivity contribution is 0.466. The molecule has 76 valence electrons. The summed E-state index contributed by atoms with van der Waals surface area (Å²) in [6.45, 7) is 7.83. The van der Waals surface area contributed by atoms with Crippen molar-refractivity contribution in [2.45, 2.75) is 32.4 Å². The lowest BCUT2D eigenvalue weighted by Crippen LogP contribution is -2.26. The monoisotopic (exact) mass is 192 g/mol. The molecule has 1 atom stereocenters. The Morgan fingerprint density at radius 3 is 3.21 bits per heavy atom. The predicted molar refractivity (Wildman–Crippen MR) is 55.8 cm³/mol. The van der Waals surface area contributed by atoms with E-state index in [-0.39, 0.29) is 0 Å². The van der Waals surface area contributed by atoms with E-state index in [1.165, 1.54) is 12.8 Å². The molecule has 1 saturated heterocycles. The van der Waals surface area contributed by atoms with Crippen molar-refractivity contribution in [1.29, 1.82) is 0 Å². The van der Waals surface area contributed by atoms with Gasteiger partial charge in [-0.05, 0) is 31.9 Å². The van der Waals surface area contributed by atoms with Crippen LogP contribution >= 0.6 is 0 Å². The fourth-order valence-electron chi connectivity index (χ4n) is 1.72. The Kier molecular flexibility index (Phi) is 2.63. The summed E-state index contributed by atoms with van der Waals surface area (Å²) in [6.07, 6.45) is 4.47. The van der Waals surface area contributed by atoms with Crippen molar-refractivity contribution in [2.24, 2.45) is 0 Å². The van der Waals surface area contributed by atoms with Gasteiger partial charge in [-0.1, -0.05) is 11.8 Å². The quantitative estimate of drug-likeness (QED) is 0.778. The Hall–Kier alpha value is -1.16. The minimum absolute atomic E-state index is 0.565. The third-order valence-electron chi connectivity index (χ3n) is 2.55. The zero-order chi connectivity index (χ0) is 9.97. The number of aromatic nitrogens is 3. The molecule has 14 heavy (non-hydrogen) atoms. The Morgan fingerprint density at radius 2 is 2.64 bits per heavy atom. The second kappa shape index (κ2) is 3.92. The molecular formula is C10H16N4. The van der Waals surface area contributed by atoms with Gasteiger partial charge in [0.1, 0.15) is 5.69 Å². The molecule has 1 unspecified atom stereocenters. The van der Waals surface area contributed by atoms with Crippen LogP contribution in [0.4, 0.5) is 0 Å². The molecule has 2 heterocycles. The predicted octanol–water partition coefficient (Wildman–Crippen LogP) is 1.06. The van der Waals surface area contributed by atoms with Gasteiger partial charge in [0.2, 0.25) is 0 Å². The van der Waals surface area contributed by atoms with E-state index >= 15 is 0 Å². The van der Waals surface area contributed by atoms with E-state index in [4.69, 9.17) is 0 Å². The number of hydrogen-bond acceptors (Lipinski definition) is 3. The third-order valence-corrected chi connectivity index (χ3v) is 2.55. The molecule has 1 fully saturated rings. The van der Waals surface area contributed by atoms with Crippen LogP contribution in [0.3, 0.4) is 0 Å². The van der Waals surface area contributed by atoms with Gasteiger partial charge in [0.15, 0.2) is 0 Å². The molecule has 0 aliphatic carbocycles. The van der Waals surface area contributed by atoms with Crippen molar-refractivity contribution in [2.75, 3.05) is 6.54 Å². The van der Waals surface area contributed by atoms with Gasteiger partial charge >= 0.3 is 0 Å². The number of rotatable bonds is 3. The summed E-state index contributed by atoms with van der Waals surface area (Å²) in [7, 11) is 0. The van der Waals surface area contributed by atoms with Gasteiger partial charge in [-0.2, -0.15) is 0 Å². The Labute approximate surface area is 84.0 Å². The van der Waals surface area contributed by atoms with E-state index in [0.29, 0.717) is 6.04 Å². The van der Waals surface area contributed by atoms with Crippen LogP contribution in [0.2, 0.25) is 0 Å². The molecule has 4 nitrogen and oxygen atoms in total. The molecule has 0 aromatic carbocycles. The van der Waals surface area contributed by atoms with Crippen LogP contribution in [-0.2, 0) is 6.54 Å². The molecule has 1 aromatic rings. The maximum Gasteiger partial charge on any atom is 0.108 e. The highest BCUT2D eigenvalue weighted by Gasteiger charge is 2.15. The Morgan fingerprint density at radius 1 is 1.79 bits per heavy atom. The van der Waals surface area contributed by atoms with Gasteiger partial charge in [-0.3, -0.25) is 4.68 Å². The van der Waals surface area contributed by atoms with Crippen LogP contribution < -0.4 is 5.32 Å². The lowest BCUT2D eigenvalue weighted by Gasteiger charge is -2.08. The smallest absolute Gasteiger partial charge is 0.108 e. The Balaban J connectivity index is 1.98. The topological polar surface area (TPSA) is 42.7 Å². The van der Waals surface area contributed by atoms with Crippen LogP contribution in [-0.4, -0.2) is 27.6 Å². The molecule has 1 N–H and O–H groups in total. The first-order chi connectivity index (χ1) is 6.75. The number of hydrogen-bond donors (Lipinski definition) is 1. The van der Waals surface area contributed by atoms with Crippen molar-refractivity contribution in [3.63, 3.8) is 0 Å². The normalized spacial score (nSPS) is 21.4. The van der Waals surface area contributed by atoms with Gasteiger partial charge in [-0.15, -0.1) is 5.10 Å². The van der Waals surface area contributed by atoms with Crippen LogP contribution in [0.15, 0.2) is 12.8 Å². The summed E-state index contributed by atoms with van der Waals surface area (Å²) in [5.41, 5.74) is 1.86. The molecule has 0 bridgehead atoms. The van der Waals surface area contributed by atoms with Crippen LogP contribution in [0.25, 0.3) is 5.57 Å². The second-order valence-electron chi connectivity index (χ2n) is 3.90. The summed E-state index contributed by atoms with van der Waals surface area (Å²) < 4.78 is 1.90. The molecule has 1 aromatic heterocycles. The molecule has 2 rings (SSSR count). The van der Waals surface area contributed by atoms with E-state index in [0.717, 1.165) is 24.4 Å². The van der Waals surface area contributed by atoms with E-state index < -0.39 is 0 Å². The standard InChI is InChI=1S/C10H16N4/c1-8(2)10-7-14(13-12-10)6-9-4-3-5-11-9/h7,9,11H,1,3-6H2,2H3. The van der Waals surface area contributed by atoms with Gasteiger partial charge in [0.05, 0.1) is 12.7 Å². The highest BCUT2D eigenvalue weighted by Crippen LogP contribution is 2.09. The van der Waals surface area contributed by atoms with Crippen molar-refractivity contribution in [3.8, 4) is 0 Å². The SMILES string of the molecule is C=C(C)c1cn(CC2CCCN2)nn1. The van der Waals surface area contributed by atoms with Gasteiger partial charge in [0.25, 0.3) is 0 Å². The molecule has 0 spiro atoms. The lowest BCUT2D eigenvalue weighted by atomic mass is 10.2. The van der Waals surface area contributed by atoms with Crippen molar-refractivity contribution < 1.29 is 0 Å². The van der Waals surface area contributed by atoms with Crippen molar-refractivity contribution in [3.05, 3.63) is 18.5 Å². The minimum Gasteiger partial charge on any atom is -0.312 e. The van der Waals surface area contributed by atoms with Crippen LogP contribution in [0, 0.1) is 0 Å². The first-order valence-corrected chi connectivity index (χ1v) is 5.05. The number of nitrogens with zero attached hydrogens (tertiary/aromatic N) is 3. The van der Waals surface area contributed by atoms with Crippen molar-refractivity contribution in [1.82, 2.24) is 20.3 Å². The number of nitrogens with one attached hydrogen (secondary N) is 1. The third kappa shape index (κ3) is 2.01. The molecule has 0 amide bonds. The van der Waals surface area contributed by atoms with E-state index in [1.54, 1.807) is 0 Å². The summed E-state index contributed by atoms with van der Waals surface area (Å²) in [6, 6.07) is 0.565. The fraction of sp³-hybridized carbons (Fsp3) is 0.600. The van der Waals surface area contributed by atoms with E-state index in [9.17, 15) is 0 Å². The van der Waals surface area contributed by atoms with Gasteiger partial charge in [0, 0.05) is 6.04 Å². The minimum atomic E-state index is 0.565.